The molecule has 0 aliphatic heterocycles. The fraction of sp³-hybridized carbons (Fsp3) is 0. The molecular formula is C9H9AsN6O. The van der Waals surface area contributed by atoms with Crippen LogP contribution in [0.15, 0.2) is 24.3 Å². The first-order valence-electron chi connectivity index (χ1n) is 4.65. The average Bonchev–Trinajstić information content (AvgIpc) is 2.28. The summed E-state index contributed by atoms with van der Waals surface area (Å²) in [5, 5.41) is 2.92. The van der Waals surface area contributed by atoms with Gasteiger partial charge in [-0.2, -0.15) is 0 Å². The Kier molecular flexibility index (Phi) is 3.29. The van der Waals surface area contributed by atoms with E-state index in [9.17, 15) is 3.74 Å². The van der Waals surface area contributed by atoms with Gasteiger partial charge in [0.2, 0.25) is 0 Å². The summed E-state index contributed by atoms with van der Waals surface area (Å²) < 4.78 is 11.5. The van der Waals surface area contributed by atoms with Gasteiger partial charge in [-0.15, -0.1) is 0 Å². The third kappa shape index (κ3) is 2.98. The zero-order chi connectivity index (χ0) is 12.3. The Morgan fingerprint density at radius 2 is 1.59 bits per heavy atom. The fourth-order valence-corrected chi connectivity index (χ4v) is 1.77. The quantitative estimate of drug-likeness (QED) is 0.649. The molecule has 1 aromatic carbocycles. The summed E-state index contributed by atoms with van der Waals surface area (Å²) >= 11 is -1.00. The van der Waals surface area contributed by atoms with Crippen LogP contribution in [0.1, 0.15) is 0 Å². The second kappa shape index (κ2) is 4.88. The number of rotatable bonds is 3. The number of nitrogens with two attached hydrogens (primary N) is 2. The number of nitrogen functional groups attached to an aromatic ring is 2. The summed E-state index contributed by atoms with van der Waals surface area (Å²) in [6.45, 7) is 0. The molecule has 0 aliphatic rings. The summed E-state index contributed by atoms with van der Waals surface area (Å²) in [4.78, 5) is 11.4. The third-order valence-corrected chi connectivity index (χ3v) is 2.97. The van der Waals surface area contributed by atoms with Gasteiger partial charge < -0.3 is 0 Å². The molecule has 1 aromatic heterocycles. The first kappa shape index (κ1) is 11.5. The number of hydrogen-bond donors (Lipinski definition) is 3. The Hall–Kier alpha value is -2.01. The maximum atomic E-state index is 10.7. The molecule has 1 heterocycles. The number of aromatic nitrogens is 3. The number of nitrogens with zero attached hydrogens (tertiary/aromatic N) is 3. The fourth-order valence-electron chi connectivity index (χ4n) is 1.20. The van der Waals surface area contributed by atoms with E-state index in [1.807, 2.05) is 0 Å². The molecule has 0 unspecified atom stereocenters. The maximum absolute atomic E-state index is 10.7. The van der Waals surface area contributed by atoms with Gasteiger partial charge in [0.1, 0.15) is 0 Å². The van der Waals surface area contributed by atoms with Crippen molar-refractivity contribution in [2.45, 2.75) is 0 Å². The zero-order valence-corrected chi connectivity index (χ0v) is 10.5. The van der Waals surface area contributed by atoms with Crippen LogP contribution >= 0.6 is 0 Å². The van der Waals surface area contributed by atoms with Crippen molar-refractivity contribution in [3.8, 4) is 0 Å². The van der Waals surface area contributed by atoms with Crippen LogP contribution < -0.4 is 21.1 Å². The first-order valence-corrected chi connectivity index (χ1v) is 6.35. The second-order valence-electron chi connectivity index (χ2n) is 3.14. The summed E-state index contributed by atoms with van der Waals surface area (Å²) in [7, 11) is 0. The molecular weight excluding hydrogens is 283 g/mol. The molecule has 0 saturated carbocycles. The van der Waals surface area contributed by atoms with E-state index < -0.39 is 15.7 Å². The van der Waals surface area contributed by atoms with E-state index in [2.05, 4.69) is 20.3 Å². The normalized spacial score (nSPS) is 10.4. The van der Waals surface area contributed by atoms with Crippen molar-refractivity contribution in [1.82, 2.24) is 15.0 Å². The SMILES string of the molecule is Nc1nc(N)nc(Nc2ccc([As]=O)cc2)n1. The monoisotopic (exact) mass is 292 g/mol. The summed E-state index contributed by atoms with van der Waals surface area (Å²) in [6, 6.07) is 7.09. The molecule has 8 heteroatoms. The molecule has 0 amide bonds. The molecule has 7 nitrogen and oxygen atoms in total. The zero-order valence-electron chi connectivity index (χ0n) is 8.66. The molecule has 0 spiro atoms. The number of hydrogen-bond acceptors (Lipinski definition) is 7. The van der Waals surface area contributed by atoms with Gasteiger partial charge in [-0.1, -0.05) is 0 Å². The van der Waals surface area contributed by atoms with Crippen LogP contribution in [0.3, 0.4) is 0 Å². The number of benzene rings is 1. The van der Waals surface area contributed by atoms with Gasteiger partial charge in [-0.3, -0.25) is 0 Å². The van der Waals surface area contributed by atoms with E-state index in [1.165, 1.54) is 0 Å². The second-order valence-corrected chi connectivity index (χ2v) is 4.61. The van der Waals surface area contributed by atoms with Gasteiger partial charge in [0.05, 0.1) is 0 Å². The Morgan fingerprint density at radius 3 is 2.12 bits per heavy atom. The predicted molar refractivity (Wildman–Crippen MR) is 64.5 cm³/mol. The third-order valence-electron chi connectivity index (χ3n) is 1.90. The van der Waals surface area contributed by atoms with Crippen LogP contribution in [-0.4, -0.2) is 30.6 Å². The van der Waals surface area contributed by atoms with E-state index in [-0.39, 0.29) is 17.8 Å². The van der Waals surface area contributed by atoms with Crippen LogP contribution in [0.4, 0.5) is 23.5 Å². The molecule has 2 aromatic rings. The minimum absolute atomic E-state index is 0.0566. The van der Waals surface area contributed by atoms with E-state index >= 15 is 0 Å². The molecule has 0 saturated heterocycles. The van der Waals surface area contributed by atoms with Crippen molar-refractivity contribution in [2.24, 2.45) is 0 Å². The Bertz CT molecular complexity index is 523. The number of nitrogens with one attached hydrogen (secondary N) is 1. The van der Waals surface area contributed by atoms with Crippen LogP contribution in [0, 0.1) is 0 Å². The van der Waals surface area contributed by atoms with E-state index in [0.717, 1.165) is 10.0 Å². The van der Waals surface area contributed by atoms with E-state index in [0.29, 0.717) is 0 Å². The summed E-state index contributed by atoms with van der Waals surface area (Å²) in [5.74, 6) is 0.389. The first-order chi connectivity index (χ1) is 8.17. The average molecular weight is 292 g/mol. The molecule has 0 bridgehead atoms. The molecule has 86 valence electrons. The van der Waals surface area contributed by atoms with Gasteiger partial charge in [0.15, 0.2) is 0 Å². The van der Waals surface area contributed by atoms with Crippen molar-refractivity contribution >= 4 is 43.6 Å². The summed E-state index contributed by atoms with van der Waals surface area (Å²) in [6.07, 6.45) is 0. The molecule has 0 radical (unpaired) electrons. The molecule has 0 atom stereocenters. The predicted octanol–water partition coefficient (Wildman–Crippen LogP) is -0.545. The topological polar surface area (TPSA) is 120 Å². The van der Waals surface area contributed by atoms with Crippen molar-refractivity contribution in [2.75, 3.05) is 16.8 Å². The minimum atomic E-state index is -1.00. The summed E-state index contributed by atoms with van der Waals surface area (Å²) in [5.41, 5.74) is 11.6. The number of anilines is 4. The van der Waals surface area contributed by atoms with Crippen molar-refractivity contribution < 1.29 is 3.74 Å². The molecule has 0 aliphatic carbocycles. The Balaban J connectivity index is 2.21. The van der Waals surface area contributed by atoms with Crippen LogP contribution in [0.2, 0.25) is 0 Å². The molecule has 0 fully saturated rings. The van der Waals surface area contributed by atoms with Crippen molar-refractivity contribution in [1.29, 1.82) is 0 Å². The molecule has 17 heavy (non-hydrogen) atoms. The van der Waals surface area contributed by atoms with Crippen LogP contribution in [0.5, 0.6) is 0 Å². The van der Waals surface area contributed by atoms with Crippen LogP contribution in [0.25, 0.3) is 0 Å². The molecule has 2 rings (SSSR count). The van der Waals surface area contributed by atoms with Gasteiger partial charge >= 0.3 is 103 Å². The van der Waals surface area contributed by atoms with Crippen molar-refractivity contribution in [3.05, 3.63) is 24.3 Å². The van der Waals surface area contributed by atoms with Gasteiger partial charge in [-0.05, 0) is 0 Å². The standard InChI is InChI=1S/C9H9AsN6O/c11-7-14-8(12)16-9(15-7)13-6-3-1-5(10-17)2-4-6/h1-4H,(H5,11,12,13,14,15,16). The molecule has 5 N–H and O–H groups in total. The van der Waals surface area contributed by atoms with Crippen molar-refractivity contribution in [3.63, 3.8) is 0 Å². The van der Waals surface area contributed by atoms with E-state index in [4.69, 9.17) is 11.5 Å². The van der Waals surface area contributed by atoms with Gasteiger partial charge in [-0.25, -0.2) is 0 Å². The Morgan fingerprint density at radius 1 is 1.00 bits per heavy atom. The van der Waals surface area contributed by atoms with E-state index in [1.54, 1.807) is 24.3 Å². The van der Waals surface area contributed by atoms with Gasteiger partial charge in [0, 0.05) is 0 Å². The van der Waals surface area contributed by atoms with Crippen LogP contribution in [-0.2, 0) is 3.74 Å². The Labute approximate surface area is 104 Å². The van der Waals surface area contributed by atoms with Gasteiger partial charge in [0.25, 0.3) is 0 Å².